The number of carbonyl (C=O) groups excluding carboxylic acids is 2. The Labute approximate surface area is 237 Å². The third-order valence-corrected chi connectivity index (χ3v) is 6.45. The third-order valence-electron chi connectivity index (χ3n) is 6.16. The van der Waals surface area contributed by atoms with Crippen molar-refractivity contribution in [3.8, 4) is 11.5 Å². The van der Waals surface area contributed by atoms with Gasteiger partial charge in [-0.2, -0.15) is 0 Å². The molecule has 0 spiro atoms. The summed E-state index contributed by atoms with van der Waals surface area (Å²) < 4.78 is 11.3. The van der Waals surface area contributed by atoms with Crippen LogP contribution in [-0.2, 0) is 16.2 Å². The van der Waals surface area contributed by atoms with Gasteiger partial charge in [0.15, 0.2) is 0 Å². The number of benzene rings is 2. The van der Waals surface area contributed by atoms with E-state index in [2.05, 4.69) is 32.2 Å². The fraction of sp³-hybridized carbons (Fsp3) is 0.207. The maximum Gasteiger partial charge on any atom is 0.247 e. The minimum atomic E-state index is -0.735. The SMILES string of the molecule is C=CC(=O)N(CC)[C@@H](C)C(=O)Nc1cc2c(Nc3ccc(OCc4ccccn4)c(Cl)c3)ncnc2cc1OC. The van der Waals surface area contributed by atoms with Crippen LogP contribution < -0.4 is 20.1 Å². The van der Waals surface area contributed by atoms with Crippen LogP contribution in [0.15, 0.2) is 73.7 Å². The Bertz CT molecular complexity index is 1530. The van der Waals surface area contributed by atoms with Crippen molar-refractivity contribution in [3.63, 3.8) is 0 Å². The molecule has 11 heteroatoms. The second-order valence-corrected chi connectivity index (χ2v) is 9.07. The number of rotatable bonds is 11. The molecule has 0 bridgehead atoms. The van der Waals surface area contributed by atoms with Gasteiger partial charge < -0.3 is 25.0 Å². The Hall–Kier alpha value is -4.70. The van der Waals surface area contributed by atoms with Crippen molar-refractivity contribution in [1.29, 1.82) is 0 Å². The van der Waals surface area contributed by atoms with Gasteiger partial charge in [-0.25, -0.2) is 9.97 Å². The van der Waals surface area contributed by atoms with Gasteiger partial charge in [0.2, 0.25) is 11.8 Å². The van der Waals surface area contributed by atoms with Crippen molar-refractivity contribution >= 4 is 51.5 Å². The summed E-state index contributed by atoms with van der Waals surface area (Å²) in [5.41, 5.74) is 2.46. The molecule has 2 heterocycles. The number of likely N-dealkylation sites (N-methyl/N-ethyl adjacent to an activating group) is 1. The molecule has 0 saturated heterocycles. The average Bonchev–Trinajstić information content (AvgIpc) is 2.97. The van der Waals surface area contributed by atoms with Crippen LogP contribution in [0.3, 0.4) is 0 Å². The number of hydrogen-bond acceptors (Lipinski definition) is 8. The van der Waals surface area contributed by atoms with Crippen molar-refractivity contribution in [2.75, 3.05) is 24.3 Å². The lowest BCUT2D eigenvalue weighted by atomic mass is 10.1. The molecule has 0 aliphatic rings. The molecule has 2 N–H and O–H groups in total. The largest absolute Gasteiger partial charge is 0.494 e. The molecule has 2 aromatic heterocycles. The second kappa shape index (κ2) is 12.9. The number of fused-ring (bicyclic) bond motifs is 1. The molecule has 0 aliphatic heterocycles. The molecule has 40 heavy (non-hydrogen) atoms. The standard InChI is InChI=1S/C29H29ClN6O4/c1-5-27(37)36(6-2)18(3)29(38)35-24-14-21-23(15-26(24)39-4)32-17-33-28(21)34-19-10-11-25(22(30)13-19)40-16-20-9-7-8-12-31-20/h5,7-15,17-18H,1,6,16H2,2-4H3,(H,35,38)(H,32,33,34)/t18-/m0/s1. The fourth-order valence-corrected chi connectivity index (χ4v) is 4.27. The number of hydrogen-bond donors (Lipinski definition) is 2. The molecular weight excluding hydrogens is 532 g/mol. The lowest BCUT2D eigenvalue weighted by molar-refractivity contribution is -0.133. The summed E-state index contributed by atoms with van der Waals surface area (Å²) in [7, 11) is 1.50. The van der Waals surface area contributed by atoms with E-state index in [1.165, 1.54) is 24.4 Å². The number of pyridine rings is 1. The van der Waals surface area contributed by atoms with Crippen molar-refractivity contribution in [2.24, 2.45) is 0 Å². The summed E-state index contributed by atoms with van der Waals surface area (Å²) in [6, 6.07) is 13.6. The predicted octanol–water partition coefficient (Wildman–Crippen LogP) is 5.37. The monoisotopic (exact) mass is 560 g/mol. The van der Waals surface area contributed by atoms with E-state index in [0.717, 1.165) is 5.69 Å². The number of nitrogens with zero attached hydrogens (tertiary/aromatic N) is 4. The quantitative estimate of drug-likeness (QED) is 0.235. The first kappa shape index (κ1) is 28.3. The Morgan fingerprint density at radius 3 is 2.62 bits per heavy atom. The number of carbonyl (C=O) groups is 2. The van der Waals surface area contributed by atoms with E-state index in [4.69, 9.17) is 21.1 Å². The molecular formula is C29H29ClN6O4. The number of halogens is 1. The highest BCUT2D eigenvalue weighted by Gasteiger charge is 2.24. The van der Waals surface area contributed by atoms with Crippen LogP contribution in [0.2, 0.25) is 5.02 Å². The maximum absolute atomic E-state index is 13.1. The van der Waals surface area contributed by atoms with Gasteiger partial charge >= 0.3 is 0 Å². The summed E-state index contributed by atoms with van der Waals surface area (Å²) in [6.07, 6.45) is 4.32. The number of nitrogens with one attached hydrogen (secondary N) is 2. The first-order valence-electron chi connectivity index (χ1n) is 12.5. The van der Waals surface area contributed by atoms with Gasteiger partial charge in [-0.05, 0) is 56.3 Å². The predicted molar refractivity (Wildman–Crippen MR) is 155 cm³/mol. The lowest BCUT2D eigenvalue weighted by Crippen LogP contribution is -2.44. The van der Waals surface area contributed by atoms with E-state index >= 15 is 0 Å². The summed E-state index contributed by atoms with van der Waals surface area (Å²) in [4.78, 5) is 39.6. The molecule has 2 amide bonds. The Kier molecular flexibility index (Phi) is 9.13. The summed E-state index contributed by atoms with van der Waals surface area (Å²) in [5, 5.41) is 7.17. The average molecular weight is 561 g/mol. The molecule has 4 rings (SSSR count). The van der Waals surface area contributed by atoms with Gasteiger partial charge in [-0.1, -0.05) is 24.2 Å². The van der Waals surface area contributed by atoms with Crippen molar-refractivity contribution in [2.45, 2.75) is 26.5 Å². The van der Waals surface area contributed by atoms with E-state index in [1.807, 2.05) is 24.3 Å². The summed E-state index contributed by atoms with van der Waals surface area (Å²) in [6.45, 7) is 7.60. The van der Waals surface area contributed by atoms with Crippen LogP contribution >= 0.6 is 11.6 Å². The van der Waals surface area contributed by atoms with E-state index in [0.29, 0.717) is 51.2 Å². The van der Waals surface area contributed by atoms with Gasteiger partial charge in [0.1, 0.15) is 36.3 Å². The zero-order chi connectivity index (χ0) is 28.6. The topological polar surface area (TPSA) is 119 Å². The normalized spacial score (nSPS) is 11.4. The molecule has 4 aromatic rings. The zero-order valence-electron chi connectivity index (χ0n) is 22.3. The number of ether oxygens (including phenoxy) is 2. The Morgan fingerprint density at radius 2 is 1.95 bits per heavy atom. The first-order chi connectivity index (χ1) is 19.3. The minimum Gasteiger partial charge on any atom is -0.494 e. The molecule has 2 aromatic carbocycles. The number of aromatic nitrogens is 3. The molecule has 206 valence electrons. The van der Waals surface area contributed by atoms with Crippen molar-refractivity contribution in [3.05, 3.63) is 84.4 Å². The van der Waals surface area contributed by atoms with Crippen LogP contribution in [0.1, 0.15) is 19.5 Å². The van der Waals surface area contributed by atoms with Crippen LogP contribution in [0.25, 0.3) is 10.9 Å². The smallest absolute Gasteiger partial charge is 0.247 e. The van der Waals surface area contributed by atoms with Gasteiger partial charge in [0, 0.05) is 29.9 Å². The Balaban J connectivity index is 1.57. The third kappa shape index (κ3) is 6.47. The molecule has 0 unspecified atom stereocenters. The summed E-state index contributed by atoms with van der Waals surface area (Å²) in [5.74, 6) is 0.710. The second-order valence-electron chi connectivity index (χ2n) is 8.67. The number of amides is 2. The van der Waals surface area contributed by atoms with E-state index in [-0.39, 0.29) is 18.4 Å². The summed E-state index contributed by atoms with van der Waals surface area (Å²) >= 11 is 6.49. The van der Waals surface area contributed by atoms with Gasteiger partial charge in [-0.15, -0.1) is 0 Å². The molecule has 0 fully saturated rings. The van der Waals surface area contributed by atoms with Crippen LogP contribution in [-0.4, -0.2) is 51.4 Å². The van der Waals surface area contributed by atoms with Gasteiger partial charge in [0.25, 0.3) is 0 Å². The van der Waals surface area contributed by atoms with Crippen LogP contribution in [0.4, 0.5) is 17.2 Å². The highest BCUT2D eigenvalue weighted by atomic mass is 35.5. The van der Waals surface area contributed by atoms with Crippen molar-refractivity contribution < 1.29 is 19.1 Å². The Morgan fingerprint density at radius 1 is 1.12 bits per heavy atom. The number of methoxy groups -OCH3 is 1. The van der Waals surface area contributed by atoms with Gasteiger partial charge in [0.05, 0.1) is 29.0 Å². The molecule has 0 radical (unpaired) electrons. The molecule has 10 nitrogen and oxygen atoms in total. The highest BCUT2D eigenvalue weighted by molar-refractivity contribution is 6.32. The maximum atomic E-state index is 13.1. The molecule has 0 aliphatic carbocycles. The van der Waals surface area contributed by atoms with E-state index in [9.17, 15) is 9.59 Å². The highest BCUT2D eigenvalue weighted by Crippen LogP contribution is 2.35. The van der Waals surface area contributed by atoms with Crippen molar-refractivity contribution in [1.82, 2.24) is 19.9 Å². The zero-order valence-corrected chi connectivity index (χ0v) is 23.1. The minimum absolute atomic E-state index is 0.288. The lowest BCUT2D eigenvalue weighted by Gasteiger charge is -2.26. The molecule has 0 saturated carbocycles. The van der Waals surface area contributed by atoms with E-state index < -0.39 is 6.04 Å². The van der Waals surface area contributed by atoms with Crippen LogP contribution in [0, 0.1) is 0 Å². The van der Waals surface area contributed by atoms with E-state index in [1.54, 1.807) is 44.3 Å². The number of anilines is 3. The first-order valence-corrected chi connectivity index (χ1v) is 12.9. The van der Waals surface area contributed by atoms with Gasteiger partial charge in [-0.3, -0.25) is 14.6 Å². The fourth-order valence-electron chi connectivity index (χ4n) is 4.03. The van der Waals surface area contributed by atoms with Crippen LogP contribution in [0.5, 0.6) is 11.5 Å². The molecule has 1 atom stereocenters.